The average Bonchev–Trinajstić information content (AvgIpc) is 2.66. The van der Waals surface area contributed by atoms with Gasteiger partial charge in [0.1, 0.15) is 11.1 Å². The Kier molecular flexibility index (Phi) is 5.29. The lowest BCUT2D eigenvalue weighted by molar-refractivity contribution is -0.138. The van der Waals surface area contributed by atoms with Crippen molar-refractivity contribution >= 4 is 11.8 Å². The standard InChI is InChI=1S/C20H13F3N2S/c21-20(22,23)17-11-18(15-9-5-2-6-10-15)25-19(16(17)12-24)26-13-14-7-3-1-4-8-14/h1-11H,13H2. The molecule has 26 heavy (non-hydrogen) atoms. The minimum atomic E-state index is -4.63. The van der Waals surface area contributed by atoms with E-state index in [2.05, 4.69) is 4.98 Å². The van der Waals surface area contributed by atoms with Crippen LogP contribution < -0.4 is 0 Å². The zero-order chi connectivity index (χ0) is 18.6. The average molecular weight is 370 g/mol. The molecule has 0 atom stereocenters. The van der Waals surface area contributed by atoms with Crippen molar-refractivity contribution in [3.63, 3.8) is 0 Å². The highest BCUT2D eigenvalue weighted by Crippen LogP contribution is 2.38. The van der Waals surface area contributed by atoms with Crippen LogP contribution in [0.2, 0.25) is 0 Å². The lowest BCUT2D eigenvalue weighted by Gasteiger charge is -2.14. The fourth-order valence-corrected chi connectivity index (χ4v) is 3.40. The number of nitrogens with zero attached hydrogens (tertiary/aromatic N) is 2. The van der Waals surface area contributed by atoms with Crippen LogP contribution in [-0.4, -0.2) is 4.98 Å². The van der Waals surface area contributed by atoms with Gasteiger partial charge in [0, 0.05) is 11.3 Å². The molecule has 0 unspecified atom stereocenters. The Morgan fingerprint density at radius 1 is 0.962 bits per heavy atom. The number of benzene rings is 2. The molecule has 0 aliphatic carbocycles. The lowest BCUT2D eigenvalue weighted by Crippen LogP contribution is -2.10. The van der Waals surface area contributed by atoms with Gasteiger partial charge in [0.25, 0.3) is 0 Å². The summed E-state index contributed by atoms with van der Waals surface area (Å²) in [7, 11) is 0. The van der Waals surface area contributed by atoms with Crippen LogP contribution in [-0.2, 0) is 11.9 Å². The van der Waals surface area contributed by atoms with Gasteiger partial charge in [0.05, 0.1) is 16.8 Å². The van der Waals surface area contributed by atoms with Crippen LogP contribution in [0.5, 0.6) is 0 Å². The molecule has 0 saturated carbocycles. The number of thioether (sulfide) groups is 1. The second-order valence-corrected chi connectivity index (χ2v) is 6.45. The molecule has 0 fully saturated rings. The van der Waals surface area contributed by atoms with Crippen LogP contribution in [0.15, 0.2) is 71.8 Å². The molecular weight excluding hydrogens is 357 g/mol. The number of hydrogen-bond acceptors (Lipinski definition) is 3. The largest absolute Gasteiger partial charge is 0.417 e. The van der Waals surface area contributed by atoms with E-state index < -0.39 is 17.3 Å². The van der Waals surface area contributed by atoms with Crippen molar-refractivity contribution in [3.8, 4) is 17.3 Å². The minimum Gasteiger partial charge on any atom is -0.240 e. The van der Waals surface area contributed by atoms with E-state index in [1.165, 1.54) is 0 Å². The zero-order valence-corrected chi connectivity index (χ0v) is 14.3. The Bertz CT molecular complexity index is 933. The number of rotatable bonds is 4. The van der Waals surface area contributed by atoms with E-state index in [0.29, 0.717) is 11.3 Å². The summed E-state index contributed by atoms with van der Waals surface area (Å²) in [4.78, 5) is 4.34. The molecule has 0 aliphatic heterocycles. The van der Waals surface area contributed by atoms with Gasteiger partial charge in [-0.2, -0.15) is 18.4 Å². The third-order valence-corrected chi connectivity index (χ3v) is 4.74. The van der Waals surface area contributed by atoms with E-state index in [1.807, 2.05) is 30.3 Å². The zero-order valence-electron chi connectivity index (χ0n) is 13.5. The van der Waals surface area contributed by atoms with Crippen molar-refractivity contribution in [2.75, 3.05) is 0 Å². The number of hydrogen-bond donors (Lipinski definition) is 0. The number of aromatic nitrogens is 1. The van der Waals surface area contributed by atoms with Gasteiger partial charge in [-0.05, 0) is 11.6 Å². The van der Waals surface area contributed by atoms with Gasteiger partial charge in [0.2, 0.25) is 0 Å². The van der Waals surface area contributed by atoms with Gasteiger partial charge in [-0.1, -0.05) is 60.7 Å². The maximum absolute atomic E-state index is 13.5. The molecule has 3 rings (SSSR count). The third kappa shape index (κ3) is 4.06. The Hall–Kier alpha value is -2.78. The van der Waals surface area contributed by atoms with Crippen LogP contribution in [0.3, 0.4) is 0 Å². The predicted molar refractivity (Wildman–Crippen MR) is 95.4 cm³/mol. The minimum absolute atomic E-state index is 0.0880. The number of alkyl halides is 3. The van der Waals surface area contributed by atoms with Crippen molar-refractivity contribution < 1.29 is 13.2 Å². The number of pyridine rings is 1. The van der Waals surface area contributed by atoms with Crippen molar-refractivity contribution in [2.24, 2.45) is 0 Å². The topological polar surface area (TPSA) is 36.7 Å². The molecule has 1 aromatic heterocycles. The number of halogens is 3. The summed E-state index contributed by atoms with van der Waals surface area (Å²) in [6.45, 7) is 0. The smallest absolute Gasteiger partial charge is 0.240 e. The summed E-state index contributed by atoms with van der Waals surface area (Å²) in [5, 5.41) is 9.41. The van der Waals surface area contributed by atoms with E-state index >= 15 is 0 Å². The molecule has 0 spiro atoms. The molecule has 2 nitrogen and oxygen atoms in total. The van der Waals surface area contributed by atoms with E-state index in [9.17, 15) is 18.4 Å². The molecule has 0 aliphatic rings. The highest BCUT2D eigenvalue weighted by Gasteiger charge is 2.36. The second-order valence-electron chi connectivity index (χ2n) is 5.49. The first-order valence-electron chi connectivity index (χ1n) is 7.73. The lowest BCUT2D eigenvalue weighted by atomic mass is 10.1. The first kappa shape index (κ1) is 18.0. The molecule has 3 aromatic rings. The summed E-state index contributed by atoms with van der Waals surface area (Å²) in [5.41, 5.74) is 0.334. The van der Waals surface area contributed by atoms with E-state index in [-0.39, 0.29) is 10.7 Å². The second kappa shape index (κ2) is 7.63. The quantitative estimate of drug-likeness (QED) is 0.534. The first-order valence-corrected chi connectivity index (χ1v) is 8.72. The molecular formula is C20H13F3N2S. The van der Waals surface area contributed by atoms with Crippen molar-refractivity contribution in [1.82, 2.24) is 4.98 Å². The third-order valence-electron chi connectivity index (χ3n) is 3.69. The van der Waals surface area contributed by atoms with Crippen LogP contribution in [0.25, 0.3) is 11.3 Å². The Balaban J connectivity index is 2.07. The van der Waals surface area contributed by atoms with Gasteiger partial charge < -0.3 is 0 Å². The Morgan fingerprint density at radius 2 is 1.58 bits per heavy atom. The molecule has 0 radical (unpaired) electrons. The highest BCUT2D eigenvalue weighted by atomic mass is 32.2. The molecule has 0 N–H and O–H groups in total. The normalized spacial score (nSPS) is 11.2. The van der Waals surface area contributed by atoms with Crippen molar-refractivity contribution in [1.29, 1.82) is 5.26 Å². The molecule has 0 bridgehead atoms. The Labute approximate surface area is 153 Å². The van der Waals surface area contributed by atoms with Gasteiger partial charge in [0.15, 0.2) is 0 Å². The Morgan fingerprint density at radius 3 is 2.15 bits per heavy atom. The molecule has 2 aromatic carbocycles. The highest BCUT2D eigenvalue weighted by molar-refractivity contribution is 7.98. The fraction of sp³-hybridized carbons (Fsp3) is 0.100. The number of nitriles is 1. The monoisotopic (exact) mass is 370 g/mol. The van der Waals surface area contributed by atoms with Crippen molar-refractivity contribution in [2.45, 2.75) is 17.0 Å². The SMILES string of the molecule is N#Cc1c(C(F)(F)F)cc(-c2ccccc2)nc1SCc1ccccc1. The summed E-state index contributed by atoms with van der Waals surface area (Å²) < 4.78 is 40.5. The fourth-order valence-electron chi connectivity index (χ4n) is 2.44. The molecule has 0 saturated heterocycles. The summed E-state index contributed by atoms with van der Waals surface area (Å²) in [5.74, 6) is 0.429. The van der Waals surface area contributed by atoms with Crippen LogP contribution in [0.4, 0.5) is 13.2 Å². The molecule has 6 heteroatoms. The summed E-state index contributed by atoms with van der Waals surface area (Å²) in [6, 6.07) is 20.6. The van der Waals surface area contributed by atoms with E-state index in [4.69, 9.17) is 0 Å². The molecule has 130 valence electrons. The van der Waals surface area contributed by atoms with Crippen LogP contribution in [0.1, 0.15) is 16.7 Å². The summed E-state index contributed by atoms with van der Waals surface area (Å²) in [6.07, 6.45) is -4.63. The molecule has 1 heterocycles. The van der Waals surface area contributed by atoms with E-state index in [0.717, 1.165) is 23.4 Å². The maximum atomic E-state index is 13.5. The predicted octanol–water partition coefficient (Wildman–Crippen LogP) is 5.93. The van der Waals surface area contributed by atoms with Gasteiger partial charge in [-0.15, -0.1) is 11.8 Å². The first-order chi connectivity index (χ1) is 12.5. The maximum Gasteiger partial charge on any atom is 0.417 e. The van der Waals surface area contributed by atoms with Gasteiger partial charge in [-0.3, -0.25) is 0 Å². The van der Waals surface area contributed by atoms with Crippen LogP contribution >= 0.6 is 11.8 Å². The van der Waals surface area contributed by atoms with E-state index in [1.54, 1.807) is 36.4 Å². The van der Waals surface area contributed by atoms with Crippen LogP contribution in [0, 0.1) is 11.3 Å². The van der Waals surface area contributed by atoms with Gasteiger partial charge in [-0.25, -0.2) is 4.98 Å². The van der Waals surface area contributed by atoms with Gasteiger partial charge >= 0.3 is 6.18 Å². The van der Waals surface area contributed by atoms with Crippen molar-refractivity contribution in [3.05, 3.63) is 83.4 Å². The summed E-state index contributed by atoms with van der Waals surface area (Å²) >= 11 is 1.13. The molecule has 0 amide bonds.